The van der Waals surface area contributed by atoms with Gasteiger partial charge in [-0.25, -0.2) is 13.1 Å². The van der Waals surface area contributed by atoms with Crippen molar-refractivity contribution in [3.63, 3.8) is 0 Å². The summed E-state index contributed by atoms with van der Waals surface area (Å²) < 4.78 is 32.7. The standard InChI is InChI=1S/C19H14ClN3O3S/c20-16-8-5-14(6-9-16)19-22-18(26-23-19)12-21-27(24,25)17-10-7-13-3-1-2-4-15(13)11-17/h1-11,21H,12H2. The fourth-order valence-corrected chi connectivity index (χ4v) is 3.75. The van der Waals surface area contributed by atoms with E-state index in [0.29, 0.717) is 10.8 Å². The molecule has 1 aromatic heterocycles. The SMILES string of the molecule is O=S(=O)(NCc1nc(-c2ccc(Cl)cc2)no1)c1ccc2ccccc2c1. The van der Waals surface area contributed by atoms with Crippen LogP contribution in [0.4, 0.5) is 0 Å². The molecule has 0 aliphatic heterocycles. The Morgan fingerprint density at radius 1 is 0.963 bits per heavy atom. The second-order valence-electron chi connectivity index (χ2n) is 5.85. The minimum absolute atomic E-state index is 0.101. The van der Waals surface area contributed by atoms with Crippen LogP contribution in [0.5, 0.6) is 0 Å². The van der Waals surface area contributed by atoms with Gasteiger partial charge in [-0.2, -0.15) is 4.98 Å². The maximum Gasteiger partial charge on any atom is 0.242 e. The molecule has 0 radical (unpaired) electrons. The molecule has 0 bridgehead atoms. The molecule has 27 heavy (non-hydrogen) atoms. The summed E-state index contributed by atoms with van der Waals surface area (Å²) in [5.74, 6) is 0.538. The predicted molar refractivity (Wildman–Crippen MR) is 103 cm³/mol. The van der Waals surface area contributed by atoms with Gasteiger partial charge in [0, 0.05) is 10.6 Å². The smallest absolute Gasteiger partial charge is 0.242 e. The van der Waals surface area contributed by atoms with Crippen molar-refractivity contribution in [1.29, 1.82) is 0 Å². The summed E-state index contributed by atoms with van der Waals surface area (Å²) in [4.78, 5) is 4.39. The van der Waals surface area contributed by atoms with E-state index in [1.54, 1.807) is 42.5 Å². The van der Waals surface area contributed by atoms with Crippen LogP contribution in [0.15, 0.2) is 76.1 Å². The van der Waals surface area contributed by atoms with E-state index < -0.39 is 10.0 Å². The van der Waals surface area contributed by atoms with Crippen LogP contribution < -0.4 is 4.72 Å². The van der Waals surface area contributed by atoms with Gasteiger partial charge in [0.05, 0.1) is 11.4 Å². The first kappa shape index (κ1) is 17.7. The molecular weight excluding hydrogens is 386 g/mol. The second-order valence-corrected chi connectivity index (χ2v) is 8.06. The summed E-state index contributed by atoms with van der Waals surface area (Å²) in [7, 11) is -3.71. The van der Waals surface area contributed by atoms with Crippen molar-refractivity contribution in [2.75, 3.05) is 0 Å². The number of rotatable bonds is 5. The van der Waals surface area contributed by atoms with Gasteiger partial charge in [-0.15, -0.1) is 0 Å². The summed E-state index contributed by atoms with van der Waals surface area (Å²) in [5, 5.41) is 6.29. The van der Waals surface area contributed by atoms with E-state index in [0.717, 1.165) is 16.3 Å². The van der Waals surface area contributed by atoms with Crippen molar-refractivity contribution in [2.45, 2.75) is 11.4 Å². The molecule has 136 valence electrons. The lowest BCUT2D eigenvalue weighted by atomic mass is 10.1. The highest BCUT2D eigenvalue weighted by atomic mass is 35.5. The van der Waals surface area contributed by atoms with Crippen molar-refractivity contribution < 1.29 is 12.9 Å². The monoisotopic (exact) mass is 399 g/mol. The number of nitrogens with one attached hydrogen (secondary N) is 1. The van der Waals surface area contributed by atoms with Gasteiger partial charge in [0.25, 0.3) is 0 Å². The van der Waals surface area contributed by atoms with E-state index in [9.17, 15) is 8.42 Å². The first-order chi connectivity index (χ1) is 13.0. The average molecular weight is 400 g/mol. The molecular formula is C19H14ClN3O3S. The fraction of sp³-hybridized carbons (Fsp3) is 0.0526. The molecule has 0 aliphatic rings. The first-order valence-corrected chi connectivity index (χ1v) is 9.94. The number of aromatic nitrogens is 2. The molecule has 1 heterocycles. The van der Waals surface area contributed by atoms with Crippen LogP contribution in [0.1, 0.15) is 5.89 Å². The Labute approximate surface area is 160 Å². The van der Waals surface area contributed by atoms with Crippen LogP contribution in [0.3, 0.4) is 0 Å². The zero-order chi connectivity index (χ0) is 18.9. The van der Waals surface area contributed by atoms with E-state index >= 15 is 0 Å². The molecule has 0 amide bonds. The molecule has 0 saturated heterocycles. The fourth-order valence-electron chi connectivity index (χ4n) is 2.62. The number of hydrogen-bond acceptors (Lipinski definition) is 5. The van der Waals surface area contributed by atoms with Crippen LogP contribution >= 0.6 is 11.6 Å². The van der Waals surface area contributed by atoms with Gasteiger partial charge in [0.1, 0.15) is 0 Å². The number of halogens is 1. The quantitative estimate of drug-likeness (QED) is 0.547. The summed E-state index contributed by atoms with van der Waals surface area (Å²) in [5.41, 5.74) is 0.729. The lowest BCUT2D eigenvalue weighted by Crippen LogP contribution is -2.23. The number of sulfonamides is 1. The highest BCUT2D eigenvalue weighted by Gasteiger charge is 2.17. The third-order valence-corrected chi connectivity index (χ3v) is 5.67. The lowest BCUT2D eigenvalue weighted by molar-refractivity contribution is 0.376. The van der Waals surface area contributed by atoms with Crippen molar-refractivity contribution in [3.05, 3.63) is 77.6 Å². The Morgan fingerprint density at radius 3 is 2.48 bits per heavy atom. The highest BCUT2D eigenvalue weighted by Crippen LogP contribution is 2.20. The van der Waals surface area contributed by atoms with Gasteiger partial charge in [-0.1, -0.05) is 47.1 Å². The molecule has 6 nitrogen and oxygen atoms in total. The molecule has 4 rings (SSSR count). The van der Waals surface area contributed by atoms with Gasteiger partial charge in [-0.3, -0.25) is 0 Å². The van der Waals surface area contributed by atoms with Crippen LogP contribution in [-0.4, -0.2) is 18.6 Å². The van der Waals surface area contributed by atoms with Crippen LogP contribution in [0.2, 0.25) is 5.02 Å². The highest BCUT2D eigenvalue weighted by molar-refractivity contribution is 7.89. The number of benzene rings is 3. The summed E-state index contributed by atoms with van der Waals surface area (Å²) in [6.07, 6.45) is 0. The first-order valence-electron chi connectivity index (χ1n) is 8.08. The third kappa shape index (κ3) is 3.85. The number of hydrogen-bond donors (Lipinski definition) is 1. The Hall–Kier alpha value is -2.74. The number of fused-ring (bicyclic) bond motifs is 1. The van der Waals surface area contributed by atoms with E-state index in [2.05, 4.69) is 14.9 Å². The van der Waals surface area contributed by atoms with Gasteiger partial charge in [0.15, 0.2) is 0 Å². The van der Waals surface area contributed by atoms with Crippen LogP contribution in [0, 0.1) is 0 Å². The van der Waals surface area contributed by atoms with Crippen molar-refractivity contribution in [1.82, 2.24) is 14.9 Å². The minimum atomic E-state index is -3.71. The molecule has 0 aliphatic carbocycles. The van der Waals surface area contributed by atoms with Gasteiger partial charge < -0.3 is 4.52 Å². The van der Waals surface area contributed by atoms with Crippen LogP contribution in [-0.2, 0) is 16.6 Å². The molecule has 0 atom stereocenters. The summed E-state index contributed by atoms with van der Waals surface area (Å²) >= 11 is 5.86. The Kier molecular flexibility index (Phi) is 4.65. The predicted octanol–water partition coefficient (Wildman–Crippen LogP) is 4.02. The maximum atomic E-state index is 12.5. The molecule has 0 fully saturated rings. The molecule has 0 saturated carbocycles. The molecule has 1 N–H and O–H groups in total. The zero-order valence-corrected chi connectivity index (χ0v) is 15.5. The van der Waals surface area contributed by atoms with Gasteiger partial charge >= 0.3 is 0 Å². The van der Waals surface area contributed by atoms with E-state index in [1.165, 1.54) is 0 Å². The normalized spacial score (nSPS) is 11.7. The van der Waals surface area contributed by atoms with Crippen molar-refractivity contribution in [3.8, 4) is 11.4 Å². The Bertz CT molecular complexity index is 1200. The molecule has 0 unspecified atom stereocenters. The van der Waals surface area contributed by atoms with Crippen LogP contribution in [0.25, 0.3) is 22.2 Å². The number of nitrogens with zero attached hydrogens (tertiary/aromatic N) is 2. The average Bonchev–Trinajstić information content (AvgIpc) is 3.16. The topological polar surface area (TPSA) is 85.1 Å². The van der Waals surface area contributed by atoms with Gasteiger partial charge in [0.2, 0.25) is 21.7 Å². The summed E-state index contributed by atoms with van der Waals surface area (Å²) in [6.45, 7) is -0.101. The molecule has 3 aromatic carbocycles. The minimum Gasteiger partial charge on any atom is -0.338 e. The zero-order valence-electron chi connectivity index (χ0n) is 14.0. The second kappa shape index (κ2) is 7.11. The van der Waals surface area contributed by atoms with E-state index in [-0.39, 0.29) is 17.3 Å². The van der Waals surface area contributed by atoms with E-state index in [1.807, 2.05) is 24.3 Å². The Morgan fingerprint density at radius 2 is 1.70 bits per heavy atom. The summed E-state index contributed by atoms with van der Waals surface area (Å²) in [6, 6.07) is 19.5. The molecule has 8 heteroatoms. The molecule has 4 aromatic rings. The van der Waals surface area contributed by atoms with Crippen molar-refractivity contribution in [2.24, 2.45) is 0 Å². The molecule has 0 spiro atoms. The van der Waals surface area contributed by atoms with Gasteiger partial charge in [-0.05, 0) is 47.2 Å². The lowest BCUT2D eigenvalue weighted by Gasteiger charge is -2.06. The largest absolute Gasteiger partial charge is 0.338 e. The Balaban J connectivity index is 1.51. The van der Waals surface area contributed by atoms with E-state index in [4.69, 9.17) is 16.1 Å². The van der Waals surface area contributed by atoms with Crippen molar-refractivity contribution >= 4 is 32.4 Å². The maximum absolute atomic E-state index is 12.5. The third-order valence-electron chi connectivity index (χ3n) is 4.02.